The maximum atomic E-state index is 10.8. The Morgan fingerprint density at radius 2 is 2.06 bits per heavy atom. The van der Waals surface area contributed by atoms with Gasteiger partial charge in [0.15, 0.2) is 0 Å². The van der Waals surface area contributed by atoms with Gasteiger partial charge in [0.1, 0.15) is 6.11 Å². The summed E-state index contributed by atoms with van der Waals surface area (Å²) < 4.78 is 0. The van der Waals surface area contributed by atoms with Gasteiger partial charge in [0.05, 0.1) is 5.41 Å². The Labute approximate surface area is 105 Å². The Morgan fingerprint density at radius 3 is 2.39 bits per heavy atom. The average molecular weight is 252 g/mol. The first-order valence-corrected chi connectivity index (χ1v) is 5.34. The Morgan fingerprint density at radius 1 is 1.44 bits per heavy atom. The van der Waals surface area contributed by atoms with Gasteiger partial charge in [0, 0.05) is 12.0 Å². The Bertz CT molecular complexity index is 436. The van der Waals surface area contributed by atoms with Crippen molar-refractivity contribution < 1.29 is 24.9 Å². The van der Waals surface area contributed by atoms with Crippen molar-refractivity contribution in [3.05, 3.63) is 23.8 Å². The molecule has 0 fully saturated rings. The summed E-state index contributed by atoms with van der Waals surface area (Å²) in [6.45, 7) is 3.38. The molecule has 0 spiro atoms. The summed E-state index contributed by atoms with van der Waals surface area (Å²) in [7, 11) is 0. The summed E-state index contributed by atoms with van der Waals surface area (Å²) in [4.78, 5) is 21.3. The fourth-order valence-electron chi connectivity index (χ4n) is 1.26. The van der Waals surface area contributed by atoms with Gasteiger partial charge in [-0.2, -0.15) is 0 Å². The molecule has 0 saturated heterocycles. The standard InChI is InChI=1S/C9H10O4.C4H6O/c1-9(8(12)13)4-2-3-6(5-9)7(10)11;1-2-3-4-5/h2-4H,5H2,1H3,(H,10,11)(H,12,13);5H,2H2,1H3. The van der Waals surface area contributed by atoms with Crippen LogP contribution in [0.3, 0.4) is 0 Å². The predicted molar refractivity (Wildman–Crippen MR) is 65.2 cm³/mol. The van der Waals surface area contributed by atoms with Crippen LogP contribution in [0.2, 0.25) is 0 Å². The summed E-state index contributed by atoms with van der Waals surface area (Å²) >= 11 is 0. The number of hydrogen-bond donors (Lipinski definition) is 3. The van der Waals surface area contributed by atoms with Gasteiger partial charge in [-0.1, -0.05) is 31.1 Å². The maximum Gasteiger partial charge on any atom is 0.331 e. The van der Waals surface area contributed by atoms with Crippen LogP contribution in [0.1, 0.15) is 26.7 Å². The van der Waals surface area contributed by atoms with E-state index in [0.29, 0.717) is 0 Å². The lowest BCUT2D eigenvalue weighted by Crippen LogP contribution is -2.28. The number of aliphatic hydroxyl groups is 1. The Balaban J connectivity index is 0.000000494. The molecule has 1 aliphatic rings. The van der Waals surface area contributed by atoms with Gasteiger partial charge in [0.25, 0.3) is 0 Å². The van der Waals surface area contributed by atoms with Gasteiger partial charge in [-0.3, -0.25) is 4.79 Å². The molecule has 0 heterocycles. The highest BCUT2D eigenvalue weighted by molar-refractivity contribution is 5.90. The fraction of sp³-hybridized carbons (Fsp3) is 0.385. The van der Waals surface area contributed by atoms with Crippen LogP contribution in [-0.4, -0.2) is 27.3 Å². The number of rotatable bonds is 2. The molecule has 0 aliphatic heterocycles. The molecule has 98 valence electrons. The first-order chi connectivity index (χ1) is 8.37. The largest absolute Gasteiger partial charge is 0.481 e. The van der Waals surface area contributed by atoms with E-state index in [1.807, 2.05) is 6.92 Å². The molecule has 0 radical (unpaired) electrons. The van der Waals surface area contributed by atoms with E-state index in [9.17, 15) is 9.59 Å². The summed E-state index contributed by atoms with van der Waals surface area (Å²) in [6, 6.07) is 0. The molecule has 1 rings (SSSR count). The molecule has 0 aromatic carbocycles. The number of aliphatic hydroxyl groups excluding tert-OH is 1. The van der Waals surface area contributed by atoms with E-state index in [0.717, 1.165) is 6.42 Å². The molecule has 1 aliphatic carbocycles. The average Bonchev–Trinajstić information content (AvgIpc) is 2.30. The molecular weight excluding hydrogens is 236 g/mol. The van der Waals surface area contributed by atoms with E-state index in [4.69, 9.17) is 15.3 Å². The van der Waals surface area contributed by atoms with Crippen LogP contribution in [-0.2, 0) is 9.59 Å². The highest BCUT2D eigenvalue weighted by atomic mass is 16.4. The van der Waals surface area contributed by atoms with E-state index in [-0.39, 0.29) is 12.0 Å². The third kappa shape index (κ3) is 4.74. The van der Waals surface area contributed by atoms with Crippen molar-refractivity contribution in [1.29, 1.82) is 0 Å². The SMILES string of the molecule is CC1(C(=O)O)C=CC=C(C(=O)O)C1.CCC#CO. The van der Waals surface area contributed by atoms with Crippen molar-refractivity contribution in [1.82, 2.24) is 0 Å². The molecule has 0 bridgehead atoms. The lowest BCUT2D eigenvalue weighted by Gasteiger charge is -2.23. The quantitative estimate of drug-likeness (QED) is 0.651. The number of hydrogen-bond acceptors (Lipinski definition) is 3. The minimum absolute atomic E-state index is 0.0359. The van der Waals surface area contributed by atoms with Crippen molar-refractivity contribution in [2.24, 2.45) is 5.41 Å². The molecule has 1 unspecified atom stereocenters. The van der Waals surface area contributed by atoms with Crippen molar-refractivity contribution >= 4 is 11.9 Å². The summed E-state index contributed by atoms with van der Waals surface area (Å²) in [6.07, 6.45) is 6.93. The number of carboxylic acid groups (broad SMARTS) is 2. The van der Waals surface area contributed by atoms with Crippen LogP contribution in [0.5, 0.6) is 0 Å². The zero-order valence-corrected chi connectivity index (χ0v) is 10.3. The van der Waals surface area contributed by atoms with Crippen LogP contribution >= 0.6 is 0 Å². The lowest BCUT2D eigenvalue weighted by molar-refractivity contribution is -0.145. The Hall–Kier alpha value is -2.22. The molecule has 0 aromatic rings. The van der Waals surface area contributed by atoms with E-state index in [2.05, 4.69) is 5.92 Å². The minimum atomic E-state index is -1.08. The van der Waals surface area contributed by atoms with Gasteiger partial charge in [-0.05, 0) is 13.3 Å². The van der Waals surface area contributed by atoms with Gasteiger partial charge in [-0.15, -0.1) is 0 Å². The predicted octanol–water partition coefficient (Wildman–Crippen LogP) is 1.78. The van der Waals surface area contributed by atoms with Crippen LogP contribution in [0.4, 0.5) is 0 Å². The second-order valence-corrected chi connectivity index (χ2v) is 3.90. The second kappa shape index (κ2) is 7.17. The fourth-order valence-corrected chi connectivity index (χ4v) is 1.26. The van der Waals surface area contributed by atoms with Gasteiger partial charge in [0.2, 0.25) is 0 Å². The molecule has 5 heteroatoms. The van der Waals surface area contributed by atoms with Crippen LogP contribution in [0, 0.1) is 17.4 Å². The normalized spacial score (nSPS) is 20.7. The Kier molecular flexibility index (Phi) is 6.29. The zero-order chi connectivity index (χ0) is 14.2. The van der Waals surface area contributed by atoms with E-state index in [1.165, 1.54) is 25.2 Å². The number of aliphatic carboxylic acids is 2. The first-order valence-electron chi connectivity index (χ1n) is 5.34. The van der Waals surface area contributed by atoms with E-state index < -0.39 is 17.4 Å². The first kappa shape index (κ1) is 15.8. The topological polar surface area (TPSA) is 94.8 Å². The van der Waals surface area contributed by atoms with Crippen molar-refractivity contribution in [2.75, 3.05) is 0 Å². The summed E-state index contributed by atoms with van der Waals surface area (Å²) in [5.41, 5.74) is -0.949. The highest BCUT2D eigenvalue weighted by Gasteiger charge is 2.34. The lowest BCUT2D eigenvalue weighted by atomic mass is 9.80. The summed E-state index contributed by atoms with van der Waals surface area (Å²) in [5.74, 6) is 0.354. The van der Waals surface area contributed by atoms with Crippen LogP contribution in [0.15, 0.2) is 23.8 Å². The zero-order valence-electron chi connectivity index (χ0n) is 10.3. The third-order valence-corrected chi connectivity index (χ3v) is 2.34. The van der Waals surface area contributed by atoms with Gasteiger partial charge in [-0.25, -0.2) is 4.79 Å². The molecule has 0 aromatic heterocycles. The minimum Gasteiger partial charge on any atom is -0.481 e. The maximum absolute atomic E-state index is 10.8. The smallest absolute Gasteiger partial charge is 0.331 e. The number of carbonyl (C=O) groups is 2. The van der Waals surface area contributed by atoms with Crippen molar-refractivity contribution in [2.45, 2.75) is 26.7 Å². The molecule has 5 nitrogen and oxygen atoms in total. The number of allylic oxidation sites excluding steroid dienone is 2. The monoisotopic (exact) mass is 252 g/mol. The number of carboxylic acids is 2. The van der Waals surface area contributed by atoms with Crippen molar-refractivity contribution in [3.8, 4) is 12.0 Å². The molecule has 0 saturated carbocycles. The van der Waals surface area contributed by atoms with Crippen molar-refractivity contribution in [3.63, 3.8) is 0 Å². The van der Waals surface area contributed by atoms with Crippen LogP contribution < -0.4 is 0 Å². The van der Waals surface area contributed by atoms with E-state index in [1.54, 1.807) is 6.11 Å². The van der Waals surface area contributed by atoms with Gasteiger partial charge >= 0.3 is 11.9 Å². The summed E-state index contributed by atoms with van der Waals surface area (Å²) in [5, 5.41) is 25.2. The highest BCUT2D eigenvalue weighted by Crippen LogP contribution is 2.31. The van der Waals surface area contributed by atoms with Crippen LogP contribution in [0.25, 0.3) is 0 Å². The molecule has 1 atom stereocenters. The van der Waals surface area contributed by atoms with E-state index >= 15 is 0 Å². The molecule has 3 N–H and O–H groups in total. The molecule has 18 heavy (non-hydrogen) atoms. The second-order valence-electron chi connectivity index (χ2n) is 3.90. The molecule has 0 amide bonds. The third-order valence-electron chi connectivity index (χ3n) is 2.34. The van der Waals surface area contributed by atoms with Gasteiger partial charge < -0.3 is 15.3 Å². The molecular formula is C13H16O5.